The van der Waals surface area contributed by atoms with E-state index in [0.717, 1.165) is 32.0 Å². The minimum absolute atomic E-state index is 0.479. The van der Waals surface area contributed by atoms with Crippen molar-refractivity contribution in [3.05, 3.63) is 29.8 Å². The van der Waals surface area contributed by atoms with Gasteiger partial charge in [-0.05, 0) is 49.0 Å². The van der Waals surface area contributed by atoms with Crippen molar-refractivity contribution in [2.45, 2.75) is 40.2 Å². The van der Waals surface area contributed by atoms with Gasteiger partial charge in [0.05, 0.1) is 0 Å². The Kier molecular flexibility index (Phi) is 6.07. The van der Waals surface area contributed by atoms with Crippen LogP contribution in [0.2, 0.25) is 0 Å². The molecule has 0 bridgehead atoms. The van der Waals surface area contributed by atoms with E-state index < -0.39 is 0 Å². The van der Waals surface area contributed by atoms with E-state index in [1.54, 1.807) is 0 Å². The van der Waals surface area contributed by atoms with Crippen LogP contribution in [-0.2, 0) is 6.54 Å². The molecule has 0 aliphatic carbocycles. The highest BCUT2D eigenvalue weighted by atomic mass is 16.5. The second-order valence-corrected chi connectivity index (χ2v) is 6.86. The fourth-order valence-electron chi connectivity index (χ4n) is 2.82. The molecule has 1 aliphatic heterocycles. The van der Waals surface area contributed by atoms with Crippen LogP contribution < -0.4 is 10.1 Å². The molecule has 1 N–H and O–H groups in total. The summed E-state index contributed by atoms with van der Waals surface area (Å²) in [4.78, 5) is 2.50. The molecule has 3 heteroatoms. The zero-order valence-electron chi connectivity index (χ0n) is 13.8. The first-order chi connectivity index (χ1) is 10.1. The molecule has 0 radical (unpaired) electrons. The van der Waals surface area contributed by atoms with E-state index in [4.69, 9.17) is 4.74 Å². The van der Waals surface area contributed by atoms with Crippen LogP contribution in [0.15, 0.2) is 24.3 Å². The molecule has 118 valence electrons. The molecule has 1 aliphatic rings. The van der Waals surface area contributed by atoms with Crippen LogP contribution in [0.5, 0.6) is 5.75 Å². The number of hydrogen-bond donors (Lipinski definition) is 1. The van der Waals surface area contributed by atoms with Gasteiger partial charge in [0.1, 0.15) is 12.4 Å². The molecule has 1 heterocycles. The number of rotatable bonds is 8. The molecular weight excluding hydrogens is 260 g/mol. The van der Waals surface area contributed by atoms with Gasteiger partial charge in [0.15, 0.2) is 0 Å². The van der Waals surface area contributed by atoms with Crippen LogP contribution in [0, 0.1) is 5.41 Å². The van der Waals surface area contributed by atoms with Crippen LogP contribution in [-0.4, -0.2) is 37.7 Å². The Morgan fingerprint density at radius 3 is 2.62 bits per heavy atom. The number of benzene rings is 1. The normalized spacial score (nSPS) is 18.0. The number of likely N-dealkylation sites (tertiary alicyclic amines) is 1. The van der Waals surface area contributed by atoms with E-state index in [0.29, 0.717) is 5.41 Å². The van der Waals surface area contributed by atoms with Gasteiger partial charge in [-0.25, -0.2) is 0 Å². The Labute approximate surface area is 129 Å². The highest BCUT2D eigenvalue weighted by molar-refractivity contribution is 5.27. The number of hydrogen-bond acceptors (Lipinski definition) is 3. The van der Waals surface area contributed by atoms with E-state index in [1.165, 1.54) is 31.5 Å². The summed E-state index contributed by atoms with van der Waals surface area (Å²) in [6.07, 6.45) is 2.47. The van der Waals surface area contributed by atoms with Crippen LogP contribution in [0.4, 0.5) is 0 Å². The Morgan fingerprint density at radius 2 is 2.00 bits per heavy atom. The first-order valence-electron chi connectivity index (χ1n) is 8.24. The smallest absolute Gasteiger partial charge is 0.119 e. The molecule has 1 fully saturated rings. The lowest BCUT2D eigenvalue weighted by Gasteiger charge is -2.19. The van der Waals surface area contributed by atoms with Gasteiger partial charge in [-0.2, -0.15) is 0 Å². The standard InChI is InChI=1S/C18H30N2O/c1-4-10-19-14-16-5-7-17(8-6-16)21-13-12-20-11-9-18(2,3)15-20/h5-8,19H,4,9-15H2,1-3H3. The SMILES string of the molecule is CCCNCc1ccc(OCCN2CCC(C)(C)C2)cc1. The summed E-state index contributed by atoms with van der Waals surface area (Å²) >= 11 is 0. The number of nitrogens with zero attached hydrogens (tertiary/aromatic N) is 1. The predicted molar refractivity (Wildman–Crippen MR) is 88.8 cm³/mol. The van der Waals surface area contributed by atoms with Crippen LogP contribution >= 0.6 is 0 Å². The molecule has 1 saturated heterocycles. The summed E-state index contributed by atoms with van der Waals surface area (Å²) in [5.74, 6) is 0.979. The number of ether oxygens (including phenoxy) is 1. The van der Waals surface area contributed by atoms with Crippen molar-refractivity contribution >= 4 is 0 Å². The van der Waals surface area contributed by atoms with Crippen molar-refractivity contribution in [3.63, 3.8) is 0 Å². The maximum Gasteiger partial charge on any atom is 0.119 e. The summed E-state index contributed by atoms with van der Waals surface area (Å²) in [5, 5.41) is 3.41. The van der Waals surface area contributed by atoms with E-state index in [2.05, 4.69) is 55.3 Å². The average Bonchev–Trinajstić information content (AvgIpc) is 2.80. The highest BCUT2D eigenvalue weighted by Crippen LogP contribution is 2.28. The monoisotopic (exact) mass is 290 g/mol. The Balaban J connectivity index is 1.67. The molecule has 3 nitrogen and oxygen atoms in total. The van der Waals surface area contributed by atoms with Crippen molar-refractivity contribution in [2.75, 3.05) is 32.8 Å². The third-order valence-electron chi connectivity index (χ3n) is 4.11. The van der Waals surface area contributed by atoms with Gasteiger partial charge in [0.2, 0.25) is 0 Å². The van der Waals surface area contributed by atoms with Crippen molar-refractivity contribution in [1.29, 1.82) is 0 Å². The molecule has 0 unspecified atom stereocenters. The topological polar surface area (TPSA) is 24.5 Å². The zero-order chi connectivity index (χ0) is 15.1. The minimum atomic E-state index is 0.479. The first kappa shape index (κ1) is 16.3. The second-order valence-electron chi connectivity index (χ2n) is 6.86. The first-order valence-corrected chi connectivity index (χ1v) is 8.24. The molecule has 0 atom stereocenters. The summed E-state index contributed by atoms with van der Waals surface area (Å²) in [5.41, 5.74) is 1.80. The third kappa shape index (κ3) is 5.68. The van der Waals surface area contributed by atoms with Gasteiger partial charge in [-0.3, -0.25) is 4.90 Å². The molecule has 0 amide bonds. The van der Waals surface area contributed by atoms with Gasteiger partial charge in [-0.1, -0.05) is 32.9 Å². The fourth-order valence-corrected chi connectivity index (χ4v) is 2.82. The number of nitrogens with one attached hydrogen (secondary N) is 1. The Morgan fingerprint density at radius 1 is 1.24 bits per heavy atom. The Hall–Kier alpha value is -1.06. The third-order valence-corrected chi connectivity index (χ3v) is 4.11. The zero-order valence-corrected chi connectivity index (χ0v) is 13.8. The van der Waals surface area contributed by atoms with Gasteiger partial charge in [0.25, 0.3) is 0 Å². The lowest BCUT2D eigenvalue weighted by Crippen LogP contribution is -2.27. The maximum atomic E-state index is 5.85. The summed E-state index contributed by atoms with van der Waals surface area (Å²) in [6.45, 7) is 13.1. The molecule has 0 saturated carbocycles. The molecule has 21 heavy (non-hydrogen) atoms. The van der Waals surface area contributed by atoms with Gasteiger partial charge in [0, 0.05) is 19.6 Å². The highest BCUT2D eigenvalue weighted by Gasteiger charge is 2.28. The van der Waals surface area contributed by atoms with Crippen molar-refractivity contribution in [1.82, 2.24) is 10.2 Å². The molecule has 1 aromatic rings. The fraction of sp³-hybridized carbons (Fsp3) is 0.667. The molecule has 2 rings (SSSR count). The molecule has 0 spiro atoms. The van der Waals surface area contributed by atoms with Crippen molar-refractivity contribution in [2.24, 2.45) is 5.41 Å². The maximum absolute atomic E-state index is 5.85. The van der Waals surface area contributed by atoms with Gasteiger partial charge >= 0.3 is 0 Å². The van der Waals surface area contributed by atoms with E-state index in [1.807, 2.05) is 0 Å². The lowest BCUT2D eigenvalue weighted by molar-refractivity contribution is 0.222. The molecule has 0 aromatic heterocycles. The predicted octanol–water partition coefficient (Wildman–Crippen LogP) is 3.30. The van der Waals surface area contributed by atoms with Crippen molar-refractivity contribution in [3.8, 4) is 5.75 Å². The summed E-state index contributed by atoms with van der Waals surface area (Å²) in [6, 6.07) is 8.46. The average molecular weight is 290 g/mol. The van der Waals surface area contributed by atoms with E-state index in [9.17, 15) is 0 Å². The largest absolute Gasteiger partial charge is 0.492 e. The Bertz CT molecular complexity index is 414. The summed E-state index contributed by atoms with van der Waals surface area (Å²) in [7, 11) is 0. The van der Waals surface area contributed by atoms with Crippen LogP contribution in [0.3, 0.4) is 0 Å². The van der Waals surface area contributed by atoms with Crippen LogP contribution in [0.25, 0.3) is 0 Å². The van der Waals surface area contributed by atoms with Gasteiger partial charge in [-0.15, -0.1) is 0 Å². The summed E-state index contributed by atoms with van der Waals surface area (Å²) < 4.78 is 5.85. The minimum Gasteiger partial charge on any atom is -0.492 e. The molecule has 1 aromatic carbocycles. The van der Waals surface area contributed by atoms with Crippen molar-refractivity contribution < 1.29 is 4.74 Å². The quantitative estimate of drug-likeness (QED) is 0.744. The van der Waals surface area contributed by atoms with E-state index >= 15 is 0 Å². The van der Waals surface area contributed by atoms with Gasteiger partial charge < -0.3 is 10.1 Å². The second kappa shape index (κ2) is 7.81. The van der Waals surface area contributed by atoms with E-state index in [-0.39, 0.29) is 0 Å². The van der Waals surface area contributed by atoms with Crippen LogP contribution in [0.1, 0.15) is 39.2 Å². The lowest BCUT2D eigenvalue weighted by atomic mass is 9.93. The molecular formula is C18H30N2O.